The van der Waals surface area contributed by atoms with Gasteiger partial charge >= 0.3 is 0 Å². The maximum absolute atomic E-state index is 5.91. The maximum atomic E-state index is 5.91. The molecular formula is C13H19NO. The first-order valence-electron chi connectivity index (χ1n) is 5.65. The SMILES string of the molecule is Cc1ccc([C@@H](C)N)c(OCC2CC2)c1. The largest absolute Gasteiger partial charge is 0.493 e. The van der Waals surface area contributed by atoms with E-state index in [2.05, 4.69) is 25.1 Å². The Hall–Kier alpha value is -1.02. The molecule has 1 saturated carbocycles. The highest BCUT2D eigenvalue weighted by molar-refractivity contribution is 5.38. The lowest BCUT2D eigenvalue weighted by Gasteiger charge is -2.14. The van der Waals surface area contributed by atoms with Crippen LogP contribution in [0.5, 0.6) is 5.75 Å². The summed E-state index contributed by atoms with van der Waals surface area (Å²) in [6, 6.07) is 6.28. The number of rotatable bonds is 4. The Kier molecular flexibility index (Phi) is 2.96. The Morgan fingerprint density at radius 1 is 1.47 bits per heavy atom. The number of nitrogens with two attached hydrogens (primary N) is 1. The molecule has 2 nitrogen and oxygen atoms in total. The second-order valence-corrected chi connectivity index (χ2v) is 4.58. The van der Waals surface area contributed by atoms with Gasteiger partial charge in [-0.25, -0.2) is 0 Å². The maximum Gasteiger partial charge on any atom is 0.124 e. The van der Waals surface area contributed by atoms with Gasteiger partial charge in [0.15, 0.2) is 0 Å². The van der Waals surface area contributed by atoms with Crippen molar-refractivity contribution in [2.24, 2.45) is 11.7 Å². The van der Waals surface area contributed by atoms with Crippen LogP contribution >= 0.6 is 0 Å². The number of hydrogen-bond acceptors (Lipinski definition) is 2. The first kappa shape index (κ1) is 10.5. The molecule has 2 N–H and O–H groups in total. The molecule has 0 bridgehead atoms. The van der Waals surface area contributed by atoms with Crippen molar-refractivity contribution in [3.63, 3.8) is 0 Å². The summed E-state index contributed by atoms with van der Waals surface area (Å²) >= 11 is 0. The number of ether oxygens (including phenoxy) is 1. The molecule has 0 aliphatic heterocycles. The molecule has 2 heteroatoms. The molecule has 1 fully saturated rings. The smallest absolute Gasteiger partial charge is 0.124 e. The third-order valence-corrected chi connectivity index (χ3v) is 2.83. The van der Waals surface area contributed by atoms with E-state index in [1.165, 1.54) is 18.4 Å². The van der Waals surface area contributed by atoms with Crippen LogP contribution in [0.4, 0.5) is 0 Å². The lowest BCUT2D eigenvalue weighted by Crippen LogP contribution is -2.09. The molecule has 1 aromatic carbocycles. The van der Waals surface area contributed by atoms with E-state index >= 15 is 0 Å². The fraction of sp³-hybridized carbons (Fsp3) is 0.538. The van der Waals surface area contributed by atoms with E-state index in [-0.39, 0.29) is 6.04 Å². The predicted molar refractivity (Wildman–Crippen MR) is 62.0 cm³/mol. The van der Waals surface area contributed by atoms with Gasteiger partial charge in [0.25, 0.3) is 0 Å². The van der Waals surface area contributed by atoms with Gasteiger partial charge in [-0.05, 0) is 44.2 Å². The van der Waals surface area contributed by atoms with Gasteiger partial charge in [-0.2, -0.15) is 0 Å². The number of hydrogen-bond donors (Lipinski definition) is 1. The van der Waals surface area contributed by atoms with Crippen LogP contribution in [0.15, 0.2) is 18.2 Å². The van der Waals surface area contributed by atoms with Crippen molar-refractivity contribution in [1.29, 1.82) is 0 Å². The molecule has 0 heterocycles. The minimum Gasteiger partial charge on any atom is -0.493 e. The lowest BCUT2D eigenvalue weighted by molar-refractivity contribution is 0.295. The minimum atomic E-state index is 0.0415. The van der Waals surface area contributed by atoms with E-state index in [1.807, 2.05) is 6.92 Å². The van der Waals surface area contributed by atoms with Gasteiger partial charge in [0.05, 0.1) is 6.61 Å². The Bertz CT molecular complexity index is 342. The Balaban J connectivity index is 2.13. The standard InChI is InChI=1S/C13H19NO/c1-9-3-6-12(10(2)14)13(7-9)15-8-11-4-5-11/h3,6-7,10-11H,4-5,8,14H2,1-2H3/t10-/m1/s1. The molecule has 0 saturated heterocycles. The summed E-state index contributed by atoms with van der Waals surface area (Å²) in [5, 5.41) is 0. The second kappa shape index (κ2) is 4.23. The van der Waals surface area contributed by atoms with E-state index in [0.717, 1.165) is 23.8 Å². The van der Waals surface area contributed by atoms with E-state index < -0.39 is 0 Å². The fourth-order valence-corrected chi connectivity index (χ4v) is 1.63. The third-order valence-electron chi connectivity index (χ3n) is 2.83. The Labute approximate surface area is 91.4 Å². The molecule has 0 aromatic heterocycles. The van der Waals surface area contributed by atoms with Crippen LogP contribution in [0.2, 0.25) is 0 Å². The molecule has 1 aromatic rings. The third kappa shape index (κ3) is 2.72. The topological polar surface area (TPSA) is 35.2 Å². The van der Waals surface area contributed by atoms with Crippen molar-refractivity contribution in [1.82, 2.24) is 0 Å². The summed E-state index contributed by atoms with van der Waals surface area (Å²) in [6.45, 7) is 4.92. The summed E-state index contributed by atoms with van der Waals surface area (Å²) in [5.41, 5.74) is 8.25. The van der Waals surface area contributed by atoms with Crippen molar-refractivity contribution in [3.8, 4) is 5.75 Å². The van der Waals surface area contributed by atoms with Gasteiger partial charge in [-0.1, -0.05) is 12.1 Å². The monoisotopic (exact) mass is 205 g/mol. The molecule has 1 aliphatic carbocycles. The van der Waals surface area contributed by atoms with Crippen LogP contribution in [0.25, 0.3) is 0 Å². The van der Waals surface area contributed by atoms with Crippen molar-refractivity contribution in [2.45, 2.75) is 32.7 Å². The van der Waals surface area contributed by atoms with Crippen LogP contribution in [0.1, 0.15) is 36.9 Å². The van der Waals surface area contributed by atoms with Crippen molar-refractivity contribution in [2.75, 3.05) is 6.61 Å². The lowest BCUT2D eigenvalue weighted by atomic mass is 10.1. The van der Waals surface area contributed by atoms with Crippen molar-refractivity contribution < 1.29 is 4.74 Å². The van der Waals surface area contributed by atoms with Crippen LogP contribution < -0.4 is 10.5 Å². The Morgan fingerprint density at radius 3 is 2.80 bits per heavy atom. The molecular weight excluding hydrogens is 186 g/mol. The summed E-state index contributed by atoms with van der Waals surface area (Å²) in [6.07, 6.45) is 2.64. The van der Waals surface area contributed by atoms with E-state index in [4.69, 9.17) is 10.5 Å². The predicted octanol–water partition coefficient (Wildman–Crippen LogP) is 2.80. The van der Waals surface area contributed by atoms with Crippen LogP contribution in [-0.2, 0) is 0 Å². The molecule has 0 unspecified atom stereocenters. The zero-order chi connectivity index (χ0) is 10.8. The van der Waals surface area contributed by atoms with Gasteiger partial charge in [0.1, 0.15) is 5.75 Å². The fourth-order valence-electron chi connectivity index (χ4n) is 1.63. The van der Waals surface area contributed by atoms with Gasteiger partial charge < -0.3 is 10.5 Å². The van der Waals surface area contributed by atoms with Crippen LogP contribution in [0, 0.1) is 12.8 Å². The van der Waals surface area contributed by atoms with E-state index in [1.54, 1.807) is 0 Å². The van der Waals surface area contributed by atoms with Crippen molar-refractivity contribution >= 4 is 0 Å². The number of benzene rings is 1. The highest BCUT2D eigenvalue weighted by Gasteiger charge is 2.22. The normalized spacial score (nSPS) is 17.5. The quantitative estimate of drug-likeness (QED) is 0.820. The molecule has 15 heavy (non-hydrogen) atoms. The minimum absolute atomic E-state index is 0.0415. The highest BCUT2D eigenvalue weighted by Crippen LogP contribution is 2.31. The van der Waals surface area contributed by atoms with E-state index in [0.29, 0.717) is 0 Å². The summed E-state index contributed by atoms with van der Waals surface area (Å²) in [4.78, 5) is 0. The Morgan fingerprint density at radius 2 is 2.20 bits per heavy atom. The highest BCUT2D eigenvalue weighted by atomic mass is 16.5. The molecule has 82 valence electrons. The second-order valence-electron chi connectivity index (χ2n) is 4.58. The van der Waals surface area contributed by atoms with Crippen LogP contribution in [-0.4, -0.2) is 6.61 Å². The van der Waals surface area contributed by atoms with Crippen LogP contribution in [0.3, 0.4) is 0 Å². The molecule has 1 aliphatic rings. The average molecular weight is 205 g/mol. The summed E-state index contributed by atoms with van der Waals surface area (Å²) < 4.78 is 5.82. The molecule has 0 amide bonds. The summed E-state index contributed by atoms with van der Waals surface area (Å²) in [7, 11) is 0. The van der Waals surface area contributed by atoms with Gasteiger partial charge in [0, 0.05) is 11.6 Å². The zero-order valence-electron chi connectivity index (χ0n) is 9.49. The summed E-state index contributed by atoms with van der Waals surface area (Å²) in [5.74, 6) is 1.75. The first-order valence-corrected chi connectivity index (χ1v) is 5.65. The zero-order valence-corrected chi connectivity index (χ0v) is 9.49. The van der Waals surface area contributed by atoms with Gasteiger partial charge in [-0.15, -0.1) is 0 Å². The molecule has 0 radical (unpaired) electrons. The van der Waals surface area contributed by atoms with Gasteiger partial charge in [0.2, 0.25) is 0 Å². The molecule has 2 rings (SSSR count). The number of aryl methyl sites for hydroxylation is 1. The molecule has 0 spiro atoms. The van der Waals surface area contributed by atoms with Gasteiger partial charge in [-0.3, -0.25) is 0 Å². The molecule has 1 atom stereocenters. The average Bonchev–Trinajstić information content (AvgIpc) is 2.97. The first-order chi connectivity index (χ1) is 7.16. The van der Waals surface area contributed by atoms with Crippen molar-refractivity contribution in [3.05, 3.63) is 29.3 Å². The van der Waals surface area contributed by atoms with E-state index in [9.17, 15) is 0 Å².